The second-order valence-corrected chi connectivity index (χ2v) is 7.69. The van der Waals surface area contributed by atoms with Crippen LogP contribution in [0, 0.1) is 6.92 Å². The molecule has 0 heterocycles. The highest BCUT2D eigenvalue weighted by molar-refractivity contribution is 5.96. The number of rotatable bonds is 5. The zero-order valence-corrected chi connectivity index (χ0v) is 16.9. The van der Waals surface area contributed by atoms with Crippen molar-refractivity contribution in [1.29, 1.82) is 0 Å². The highest BCUT2D eigenvalue weighted by Crippen LogP contribution is 2.35. The Hall–Kier alpha value is -3.13. The van der Waals surface area contributed by atoms with Gasteiger partial charge in [-0.3, -0.25) is 4.79 Å². The lowest BCUT2D eigenvalue weighted by Crippen LogP contribution is -2.37. The van der Waals surface area contributed by atoms with Gasteiger partial charge < -0.3 is 4.90 Å². The zero-order chi connectivity index (χ0) is 20.1. The number of carbonyl (C=O) groups is 1. The van der Waals surface area contributed by atoms with Crippen molar-refractivity contribution < 1.29 is 4.79 Å². The lowest BCUT2D eigenvalue weighted by Gasteiger charge is -2.36. The van der Waals surface area contributed by atoms with Crippen LogP contribution in [0.1, 0.15) is 51.5 Å². The number of carbonyl (C=O) groups excluding carboxylic acids is 1. The van der Waals surface area contributed by atoms with Crippen LogP contribution in [-0.2, 0) is 6.42 Å². The Morgan fingerprint density at radius 2 is 1.69 bits per heavy atom. The van der Waals surface area contributed by atoms with Gasteiger partial charge in [0.05, 0.1) is 6.04 Å². The van der Waals surface area contributed by atoms with Crippen molar-refractivity contribution in [3.63, 3.8) is 0 Å². The van der Waals surface area contributed by atoms with Crippen molar-refractivity contribution in [1.82, 2.24) is 4.90 Å². The molecule has 29 heavy (non-hydrogen) atoms. The van der Waals surface area contributed by atoms with Gasteiger partial charge in [0.2, 0.25) is 0 Å². The molecule has 1 amide bonds. The molecule has 0 fully saturated rings. The fourth-order valence-corrected chi connectivity index (χ4v) is 4.24. The molecule has 3 aromatic carbocycles. The van der Waals surface area contributed by atoms with Crippen LogP contribution in [0.4, 0.5) is 0 Å². The van der Waals surface area contributed by atoms with Crippen molar-refractivity contribution >= 4 is 12.0 Å². The first-order valence-corrected chi connectivity index (χ1v) is 10.4. The van der Waals surface area contributed by atoms with Gasteiger partial charge in [-0.1, -0.05) is 84.9 Å². The van der Waals surface area contributed by atoms with Crippen LogP contribution in [-0.4, -0.2) is 17.4 Å². The fourth-order valence-electron chi connectivity index (χ4n) is 4.24. The van der Waals surface area contributed by atoms with Crippen LogP contribution in [0.3, 0.4) is 0 Å². The Labute approximate surface area is 173 Å². The first kappa shape index (κ1) is 19.2. The monoisotopic (exact) mass is 381 g/mol. The van der Waals surface area contributed by atoms with Gasteiger partial charge in [0.1, 0.15) is 0 Å². The third-order valence-corrected chi connectivity index (χ3v) is 5.76. The molecular formula is C27H27NO. The summed E-state index contributed by atoms with van der Waals surface area (Å²) >= 11 is 0. The molecule has 0 N–H and O–H groups in total. The van der Waals surface area contributed by atoms with Gasteiger partial charge in [-0.2, -0.15) is 0 Å². The van der Waals surface area contributed by atoms with E-state index in [2.05, 4.69) is 53.5 Å². The number of benzene rings is 3. The molecule has 0 saturated heterocycles. The van der Waals surface area contributed by atoms with Crippen molar-refractivity contribution in [2.75, 3.05) is 6.54 Å². The average molecular weight is 382 g/mol. The van der Waals surface area contributed by atoms with E-state index in [4.69, 9.17) is 0 Å². The molecule has 0 aliphatic heterocycles. The lowest BCUT2D eigenvalue weighted by atomic mass is 9.86. The Bertz CT molecular complexity index is 1010. The third-order valence-electron chi connectivity index (χ3n) is 5.76. The number of amides is 1. The number of aryl methyl sites for hydroxylation is 2. The fraction of sp³-hybridized carbons (Fsp3) is 0.222. The summed E-state index contributed by atoms with van der Waals surface area (Å²) in [5.74, 6) is 0.113. The van der Waals surface area contributed by atoms with Crippen molar-refractivity contribution in [2.24, 2.45) is 0 Å². The van der Waals surface area contributed by atoms with Crippen molar-refractivity contribution in [2.45, 2.75) is 32.2 Å². The summed E-state index contributed by atoms with van der Waals surface area (Å²) in [7, 11) is 0. The van der Waals surface area contributed by atoms with E-state index >= 15 is 0 Å². The van der Waals surface area contributed by atoms with E-state index in [1.807, 2.05) is 49.4 Å². The van der Waals surface area contributed by atoms with Crippen LogP contribution in [0.25, 0.3) is 6.08 Å². The maximum atomic E-state index is 13.6. The van der Waals surface area contributed by atoms with Gasteiger partial charge in [0.25, 0.3) is 5.91 Å². The number of hydrogen-bond acceptors (Lipinski definition) is 1. The van der Waals surface area contributed by atoms with E-state index in [0.717, 1.165) is 36.0 Å². The van der Waals surface area contributed by atoms with Gasteiger partial charge in [-0.25, -0.2) is 0 Å². The molecule has 146 valence electrons. The van der Waals surface area contributed by atoms with E-state index in [9.17, 15) is 4.79 Å². The Morgan fingerprint density at radius 1 is 0.966 bits per heavy atom. The Balaban J connectivity index is 1.67. The van der Waals surface area contributed by atoms with Gasteiger partial charge in [-0.05, 0) is 54.5 Å². The minimum absolute atomic E-state index is 0.113. The molecule has 2 heteroatoms. The second-order valence-electron chi connectivity index (χ2n) is 7.69. The molecule has 0 aromatic heterocycles. The molecule has 1 atom stereocenters. The highest BCUT2D eigenvalue weighted by Gasteiger charge is 2.29. The number of fused-ring (bicyclic) bond motifs is 1. The maximum absolute atomic E-state index is 13.6. The zero-order valence-electron chi connectivity index (χ0n) is 16.9. The van der Waals surface area contributed by atoms with Crippen molar-refractivity contribution in [3.05, 3.63) is 113 Å². The molecule has 0 saturated carbocycles. The van der Waals surface area contributed by atoms with E-state index in [1.54, 1.807) is 0 Å². The van der Waals surface area contributed by atoms with E-state index in [0.29, 0.717) is 6.54 Å². The first-order valence-electron chi connectivity index (χ1n) is 10.4. The molecular weight excluding hydrogens is 354 g/mol. The molecule has 1 aliphatic rings. The molecule has 2 nitrogen and oxygen atoms in total. The van der Waals surface area contributed by atoms with Crippen molar-refractivity contribution in [3.8, 4) is 0 Å². The van der Waals surface area contributed by atoms with Gasteiger partial charge in [0, 0.05) is 12.1 Å². The SMILES string of the molecule is Cc1ccccc1C(=O)N(C/C=C/c1ccccc1)C1CCCc2ccccc21. The first-order chi connectivity index (χ1) is 14.2. The lowest BCUT2D eigenvalue weighted by molar-refractivity contribution is 0.0683. The summed E-state index contributed by atoms with van der Waals surface area (Å²) < 4.78 is 0. The predicted octanol–water partition coefficient (Wildman–Crippen LogP) is 6.23. The molecule has 4 rings (SSSR count). The number of nitrogens with zero attached hydrogens (tertiary/aromatic N) is 1. The largest absolute Gasteiger partial charge is 0.328 e. The third kappa shape index (κ3) is 4.32. The topological polar surface area (TPSA) is 20.3 Å². The van der Waals surface area contributed by atoms with E-state index < -0.39 is 0 Å². The Kier molecular flexibility index (Phi) is 5.90. The van der Waals surface area contributed by atoms with Crippen LogP contribution >= 0.6 is 0 Å². The summed E-state index contributed by atoms with van der Waals surface area (Å²) in [6.45, 7) is 2.61. The van der Waals surface area contributed by atoms with E-state index in [-0.39, 0.29) is 11.9 Å². The maximum Gasteiger partial charge on any atom is 0.254 e. The summed E-state index contributed by atoms with van der Waals surface area (Å²) in [6, 6.07) is 26.9. The minimum Gasteiger partial charge on any atom is -0.328 e. The molecule has 0 radical (unpaired) electrons. The average Bonchev–Trinajstić information content (AvgIpc) is 2.77. The van der Waals surface area contributed by atoms with Crippen LogP contribution in [0.15, 0.2) is 84.9 Å². The summed E-state index contributed by atoms with van der Waals surface area (Å²) in [6.07, 6.45) is 7.43. The quantitative estimate of drug-likeness (QED) is 0.513. The second kappa shape index (κ2) is 8.91. The summed E-state index contributed by atoms with van der Waals surface area (Å²) in [4.78, 5) is 15.7. The summed E-state index contributed by atoms with van der Waals surface area (Å²) in [5, 5.41) is 0. The Morgan fingerprint density at radius 3 is 2.52 bits per heavy atom. The smallest absolute Gasteiger partial charge is 0.254 e. The van der Waals surface area contributed by atoms with Crippen LogP contribution < -0.4 is 0 Å². The molecule has 0 spiro atoms. The highest BCUT2D eigenvalue weighted by atomic mass is 16.2. The molecule has 1 unspecified atom stereocenters. The van der Waals surface area contributed by atoms with Gasteiger partial charge >= 0.3 is 0 Å². The molecule has 1 aliphatic carbocycles. The minimum atomic E-state index is 0.113. The summed E-state index contributed by atoms with van der Waals surface area (Å²) in [5.41, 5.74) is 5.65. The normalized spacial score (nSPS) is 15.8. The predicted molar refractivity (Wildman–Crippen MR) is 120 cm³/mol. The number of hydrogen-bond donors (Lipinski definition) is 0. The van der Waals surface area contributed by atoms with Gasteiger partial charge in [0.15, 0.2) is 0 Å². The van der Waals surface area contributed by atoms with Crippen LogP contribution in [0.2, 0.25) is 0 Å². The standard InChI is InChI=1S/C27H27NO/c1-21-11-5-7-17-24(21)27(29)28(20-10-14-22-12-3-2-4-13-22)26-19-9-16-23-15-6-8-18-25(23)26/h2-8,10-15,17-18,26H,9,16,19-20H2,1H3/b14-10+. The van der Waals surface area contributed by atoms with Gasteiger partial charge in [-0.15, -0.1) is 0 Å². The van der Waals surface area contributed by atoms with E-state index in [1.165, 1.54) is 11.1 Å². The van der Waals surface area contributed by atoms with Crippen LogP contribution in [0.5, 0.6) is 0 Å². The molecule has 0 bridgehead atoms. The molecule has 3 aromatic rings.